The van der Waals surface area contributed by atoms with Crippen molar-refractivity contribution < 1.29 is 28.8 Å². The van der Waals surface area contributed by atoms with Crippen LogP contribution in [0.25, 0.3) is 0 Å². The quantitative estimate of drug-likeness (QED) is 0.407. The number of carboxylic acid groups (broad SMARTS) is 1. The highest BCUT2D eigenvalue weighted by Crippen LogP contribution is 2.43. The maximum Gasteiger partial charge on any atom is 0.304 e. The lowest BCUT2D eigenvalue weighted by Gasteiger charge is -2.37. The van der Waals surface area contributed by atoms with Crippen LogP contribution in [-0.4, -0.2) is 63.0 Å². The van der Waals surface area contributed by atoms with Crippen LogP contribution in [0.1, 0.15) is 36.8 Å². The van der Waals surface area contributed by atoms with Crippen molar-refractivity contribution in [2.75, 3.05) is 41.0 Å². The van der Waals surface area contributed by atoms with Crippen LogP contribution in [0.2, 0.25) is 0 Å². The summed E-state index contributed by atoms with van der Waals surface area (Å²) in [4.78, 5) is 13.6. The maximum absolute atomic E-state index is 11.4. The molecule has 1 saturated heterocycles. The summed E-state index contributed by atoms with van der Waals surface area (Å²) < 4.78 is 23.4. The molecule has 202 valence electrons. The average Bonchev–Trinajstić information content (AvgIpc) is 3.23. The number of carbonyl (C=O) groups is 1. The lowest BCUT2D eigenvalue weighted by Crippen LogP contribution is -2.39. The lowest BCUT2D eigenvalue weighted by molar-refractivity contribution is -0.138. The first-order valence-electron chi connectivity index (χ1n) is 13.0. The predicted molar refractivity (Wildman–Crippen MR) is 146 cm³/mol. The first-order chi connectivity index (χ1) is 18.5. The van der Waals surface area contributed by atoms with E-state index in [4.69, 9.17) is 18.9 Å². The molecular formula is C31H37NO6. The Hall–Kier alpha value is -3.55. The van der Waals surface area contributed by atoms with E-state index < -0.39 is 11.6 Å². The molecule has 4 rings (SSSR count). The molecule has 1 N–H and O–H groups in total. The summed E-state index contributed by atoms with van der Waals surface area (Å²) >= 11 is 0. The first kappa shape index (κ1) is 27.5. The van der Waals surface area contributed by atoms with Crippen molar-refractivity contribution in [1.29, 1.82) is 0 Å². The summed E-state index contributed by atoms with van der Waals surface area (Å²) in [5.41, 5.74) is 1.99. The Morgan fingerprint density at radius 1 is 0.921 bits per heavy atom. The number of allylic oxidation sites excluding steroid dienone is 3. The zero-order chi connectivity index (χ0) is 27.0. The van der Waals surface area contributed by atoms with Crippen molar-refractivity contribution >= 4 is 5.97 Å². The Morgan fingerprint density at radius 3 is 2.11 bits per heavy atom. The largest absolute Gasteiger partial charge is 0.497 e. The van der Waals surface area contributed by atoms with E-state index in [9.17, 15) is 9.90 Å². The number of methoxy groups -OCH3 is 3. The molecule has 1 aliphatic heterocycles. The van der Waals surface area contributed by atoms with Crippen LogP contribution in [0.5, 0.6) is 11.5 Å². The third-order valence-corrected chi connectivity index (χ3v) is 7.33. The topological polar surface area (TPSA) is 77.5 Å². The molecule has 2 aromatic carbocycles. The molecule has 2 aliphatic rings. The van der Waals surface area contributed by atoms with Crippen LogP contribution in [-0.2, 0) is 19.9 Å². The maximum atomic E-state index is 11.4. The van der Waals surface area contributed by atoms with E-state index in [1.165, 1.54) is 0 Å². The molecule has 7 nitrogen and oxygen atoms in total. The highest BCUT2D eigenvalue weighted by Gasteiger charge is 2.39. The number of benzene rings is 2. The van der Waals surface area contributed by atoms with Gasteiger partial charge in [-0.15, -0.1) is 0 Å². The second-order valence-corrected chi connectivity index (χ2v) is 9.46. The summed E-state index contributed by atoms with van der Waals surface area (Å²) in [5, 5.41) is 9.36. The number of carboxylic acids is 1. The van der Waals surface area contributed by atoms with Gasteiger partial charge in [0.25, 0.3) is 0 Å². The second-order valence-electron chi connectivity index (χ2n) is 9.46. The summed E-state index contributed by atoms with van der Waals surface area (Å²) in [7, 11) is 4.97. The minimum atomic E-state index is -0.923. The number of ether oxygens (including phenoxy) is 4. The Labute approximate surface area is 225 Å². The van der Waals surface area contributed by atoms with Crippen molar-refractivity contribution in [2.24, 2.45) is 0 Å². The van der Waals surface area contributed by atoms with Gasteiger partial charge in [0.2, 0.25) is 0 Å². The van der Waals surface area contributed by atoms with Gasteiger partial charge in [-0.25, -0.2) is 0 Å². The minimum absolute atomic E-state index is 0.0397. The molecule has 0 saturated carbocycles. The second kappa shape index (κ2) is 12.8. The standard InChI is InChI=1S/C31H37NO6/c1-35-27-8-4-6-23(9-14-27)31(24-10-15-28(36-2)16-11-24,25-12-17-29(37-3)18-13-25)38-21-20-32-19-5-7-26(32)22-30(33)34/h6,8-18,26H,4-5,7,19-22H2,1-3H3,(H,33,34)/t26-/m1/s1. The lowest BCUT2D eigenvalue weighted by atomic mass is 9.79. The Kier molecular flexibility index (Phi) is 9.26. The van der Waals surface area contributed by atoms with Crippen LogP contribution in [0.4, 0.5) is 0 Å². The fraction of sp³-hybridized carbons (Fsp3) is 0.387. The number of hydrogen-bond donors (Lipinski definition) is 1. The van der Waals surface area contributed by atoms with E-state index in [1.807, 2.05) is 60.7 Å². The van der Waals surface area contributed by atoms with E-state index in [1.54, 1.807) is 21.3 Å². The SMILES string of the molecule is COC1=CCC=C(C(OCCN2CCC[C@@H]2CC(=O)O)(c2ccc(OC)cc2)c2ccc(OC)cc2)C=C1. The molecule has 1 fully saturated rings. The van der Waals surface area contributed by atoms with E-state index in [-0.39, 0.29) is 12.5 Å². The molecule has 0 amide bonds. The molecule has 0 spiro atoms. The molecular weight excluding hydrogens is 482 g/mol. The van der Waals surface area contributed by atoms with Gasteiger partial charge in [-0.05, 0) is 78.9 Å². The highest BCUT2D eigenvalue weighted by atomic mass is 16.5. The smallest absolute Gasteiger partial charge is 0.304 e. The Bertz CT molecular complexity index is 1120. The van der Waals surface area contributed by atoms with Gasteiger partial charge in [0.05, 0.1) is 34.4 Å². The highest BCUT2D eigenvalue weighted by molar-refractivity contribution is 5.67. The van der Waals surface area contributed by atoms with Crippen molar-refractivity contribution in [3.8, 4) is 11.5 Å². The van der Waals surface area contributed by atoms with E-state index in [0.29, 0.717) is 19.6 Å². The van der Waals surface area contributed by atoms with Gasteiger partial charge < -0.3 is 24.1 Å². The Balaban J connectivity index is 1.75. The zero-order valence-corrected chi connectivity index (χ0v) is 22.4. The number of aliphatic carboxylic acids is 1. The number of rotatable bonds is 12. The van der Waals surface area contributed by atoms with Gasteiger partial charge in [-0.2, -0.15) is 0 Å². The van der Waals surface area contributed by atoms with Gasteiger partial charge in [0.1, 0.15) is 22.9 Å². The van der Waals surface area contributed by atoms with Crippen LogP contribution >= 0.6 is 0 Å². The van der Waals surface area contributed by atoms with Crippen molar-refractivity contribution in [2.45, 2.75) is 37.3 Å². The number of nitrogens with zero attached hydrogens (tertiary/aromatic N) is 1. The third-order valence-electron chi connectivity index (χ3n) is 7.33. The molecule has 38 heavy (non-hydrogen) atoms. The van der Waals surface area contributed by atoms with Gasteiger partial charge in [0.15, 0.2) is 0 Å². The number of hydrogen-bond acceptors (Lipinski definition) is 6. The van der Waals surface area contributed by atoms with Gasteiger partial charge in [-0.1, -0.05) is 36.4 Å². The minimum Gasteiger partial charge on any atom is -0.497 e. The van der Waals surface area contributed by atoms with E-state index in [0.717, 1.165) is 53.3 Å². The molecule has 0 bridgehead atoms. The molecule has 1 atom stereocenters. The first-order valence-corrected chi connectivity index (χ1v) is 13.0. The summed E-state index contributed by atoms with van der Waals surface area (Å²) in [6.45, 7) is 1.94. The molecule has 1 aliphatic carbocycles. The zero-order valence-electron chi connectivity index (χ0n) is 22.4. The monoisotopic (exact) mass is 519 g/mol. The average molecular weight is 520 g/mol. The summed E-state index contributed by atoms with van der Waals surface area (Å²) in [6.07, 6.45) is 11.0. The summed E-state index contributed by atoms with van der Waals surface area (Å²) in [6, 6.07) is 16.0. The van der Waals surface area contributed by atoms with E-state index in [2.05, 4.69) is 17.1 Å². The van der Waals surface area contributed by atoms with Crippen LogP contribution in [0.3, 0.4) is 0 Å². The molecule has 0 unspecified atom stereocenters. The van der Waals surface area contributed by atoms with Crippen LogP contribution in [0, 0.1) is 0 Å². The predicted octanol–water partition coefficient (Wildman–Crippen LogP) is 5.32. The van der Waals surface area contributed by atoms with Gasteiger partial charge in [0, 0.05) is 12.6 Å². The Morgan fingerprint density at radius 2 is 1.55 bits per heavy atom. The van der Waals surface area contributed by atoms with Gasteiger partial charge in [-0.3, -0.25) is 9.69 Å². The molecule has 2 aromatic rings. The van der Waals surface area contributed by atoms with Crippen LogP contribution < -0.4 is 9.47 Å². The fourth-order valence-electron chi connectivity index (χ4n) is 5.36. The van der Waals surface area contributed by atoms with E-state index >= 15 is 0 Å². The normalized spacial score (nSPS) is 17.9. The van der Waals surface area contributed by atoms with Crippen molar-refractivity contribution in [1.82, 2.24) is 4.90 Å². The fourth-order valence-corrected chi connectivity index (χ4v) is 5.36. The molecule has 0 radical (unpaired) electrons. The van der Waals surface area contributed by atoms with Crippen molar-refractivity contribution in [3.63, 3.8) is 0 Å². The van der Waals surface area contributed by atoms with Crippen LogP contribution in [0.15, 0.2) is 84.2 Å². The molecule has 1 heterocycles. The third kappa shape index (κ3) is 6.11. The summed E-state index contributed by atoms with van der Waals surface area (Å²) in [5.74, 6) is 1.56. The number of likely N-dealkylation sites (tertiary alicyclic amines) is 1. The molecule has 0 aromatic heterocycles. The van der Waals surface area contributed by atoms with Gasteiger partial charge >= 0.3 is 5.97 Å². The van der Waals surface area contributed by atoms with Crippen molar-refractivity contribution in [3.05, 3.63) is 95.3 Å². The molecule has 7 heteroatoms.